The topological polar surface area (TPSA) is 84.9 Å². The second-order valence-corrected chi connectivity index (χ2v) is 6.30. The summed E-state index contributed by atoms with van der Waals surface area (Å²) in [6.07, 6.45) is 12.5. The lowest BCUT2D eigenvalue weighted by molar-refractivity contribution is -0.133. The van der Waals surface area contributed by atoms with Gasteiger partial charge in [0.15, 0.2) is 5.78 Å². The molecule has 6 nitrogen and oxygen atoms in total. The number of nitrogens with one attached hydrogen (secondary N) is 1. The molecular weight excluding hydrogens is 389 g/mol. The van der Waals surface area contributed by atoms with E-state index in [0.29, 0.717) is 18.6 Å². The fraction of sp³-hybridized carbons (Fsp3) is 0.304. The largest absolute Gasteiger partial charge is 0.494 e. The van der Waals surface area contributed by atoms with E-state index in [9.17, 15) is 19.1 Å². The van der Waals surface area contributed by atoms with E-state index < -0.39 is 17.6 Å². The van der Waals surface area contributed by atoms with Crippen LogP contribution in [0.2, 0.25) is 0 Å². The SMILES string of the molecule is C=C(/C=C\C(F)=C1/CNC(C(=O)O)=C(C2=CCC=CC=C2)C1=O)OCCC.COC. The van der Waals surface area contributed by atoms with E-state index in [1.807, 2.05) is 13.0 Å². The Hall–Kier alpha value is -3.19. The van der Waals surface area contributed by atoms with Gasteiger partial charge in [0.25, 0.3) is 0 Å². The Balaban J connectivity index is 0.00000141. The molecule has 0 saturated heterocycles. The fourth-order valence-electron chi connectivity index (χ4n) is 2.57. The molecule has 0 saturated carbocycles. The van der Waals surface area contributed by atoms with E-state index in [-0.39, 0.29) is 29.1 Å². The van der Waals surface area contributed by atoms with Crippen molar-refractivity contribution in [1.82, 2.24) is 5.32 Å². The van der Waals surface area contributed by atoms with Crippen LogP contribution in [0.4, 0.5) is 4.39 Å². The molecule has 2 rings (SSSR count). The van der Waals surface area contributed by atoms with Crippen LogP contribution >= 0.6 is 0 Å². The van der Waals surface area contributed by atoms with Crippen molar-refractivity contribution in [2.24, 2.45) is 0 Å². The average Bonchev–Trinajstić information content (AvgIpc) is 3.00. The predicted molar refractivity (Wildman–Crippen MR) is 114 cm³/mol. The van der Waals surface area contributed by atoms with E-state index in [4.69, 9.17) is 4.74 Å². The maximum absolute atomic E-state index is 14.6. The molecule has 0 aromatic rings. The fourth-order valence-corrected chi connectivity index (χ4v) is 2.57. The van der Waals surface area contributed by atoms with Gasteiger partial charge in [-0.15, -0.1) is 0 Å². The second-order valence-electron chi connectivity index (χ2n) is 6.30. The highest BCUT2D eigenvalue weighted by Gasteiger charge is 2.31. The second kappa shape index (κ2) is 13.1. The number of Topliss-reactive ketones (excluding diaryl/α,β-unsaturated/α-hetero) is 1. The zero-order valence-corrected chi connectivity index (χ0v) is 17.5. The van der Waals surface area contributed by atoms with Crippen molar-refractivity contribution in [3.63, 3.8) is 0 Å². The molecule has 30 heavy (non-hydrogen) atoms. The smallest absolute Gasteiger partial charge is 0.352 e. The van der Waals surface area contributed by atoms with Gasteiger partial charge in [-0.3, -0.25) is 4.79 Å². The molecule has 0 aromatic heterocycles. The molecule has 0 atom stereocenters. The van der Waals surface area contributed by atoms with Gasteiger partial charge in [-0.05, 0) is 30.6 Å². The van der Waals surface area contributed by atoms with Gasteiger partial charge >= 0.3 is 5.97 Å². The Morgan fingerprint density at radius 1 is 1.33 bits per heavy atom. The molecule has 0 aromatic carbocycles. The maximum atomic E-state index is 14.6. The number of hydrogen-bond acceptors (Lipinski definition) is 5. The standard InChI is InChI=1S/C21H22FNO4.C2H6O/c1-3-12-27-14(2)10-11-17(22)16-13-23-19(21(25)26)18(20(16)24)15-8-6-4-5-7-9-15;1-3-2/h4-6,8-11,23H,2-3,7,12-13H2,1H3,(H,25,26);1-2H3/b11-10-,17-16-;. The van der Waals surface area contributed by atoms with Crippen LogP contribution in [0.5, 0.6) is 0 Å². The van der Waals surface area contributed by atoms with Gasteiger partial charge in [0.1, 0.15) is 17.3 Å². The Kier molecular flexibility index (Phi) is 10.9. The number of allylic oxidation sites excluding steroid dienone is 10. The number of ketones is 1. The Morgan fingerprint density at radius 2 is 2.03 bits per heavy atom. The van der Waals surface area contributed by atoms with E-state index in [0.717, 1.165) is 12.5 Å². The van der Waals surface area contributed by atoms with Gasteiger partial charge in [0, 0.05) is 20.8 Å². The first kappa shape index (κ1) is 24.8. The van der Waals surface area contributed by atoms with E-state index in [2.05, 4.69) is 16.6 Å². The van der Waals surface area contributed by atoms with Crippen molar-refractivity contribution in [3.05, 3.63) is 83.1 Å². The van der Waals surface area contributed by atoms with Gasteiger partial charge in [-0.25, -0.2) is 9.18 Å². The number of ether oxygens (including phenoxy) is 2. The summed E-state index contributed by atoms with van der Waals surface area (Å²) in [6, 6.07) is 0. The molecule has 0 bridgehead atoms. The third kappa shape index (κ3) is 7.33. The molecular formula is C23H28FNO5. The summed E-state index contributed by atoms with van der Waals surface area (Å²) in [5, 5.41) is 12.1. The third-order valence-corrected chi connectivity index (χ3v) is 3.89. The van der Waals surface area contributed by atoms with Crippen LogP contribution in [0.3, 0.4) is 0 Å². The molecule has 1 heterocycles. The molecule has 162 valence electrons. The van der Waals surface area contributed by atoms with Crippen molar-refractivity contribution in [3.8, 4) is 0 Å². The van der Waals surface area contributed by atoms with Crippen molar-refractivity contribution >= 4 is 11.8 Å². The number of carboxylic acids is 1. The van der Waals surface area contributed by atoms with Crippen LogP contribution in [0.25, 0.3) is 0 Å². The summed E-state index contributed by atoms with van der Waals surface area (Å²) in [5.74, 6) is -2.38. The Bertz CT molecular complexity index is 844. The van der Waals surface area contributed by atoms with E-state index >= 15 is 0 Å². The number of carboxylic acid groups (broad SMARTS) is 1. The number of carbonyl (C=O) groups excluding carboxylic acids is 1. The quantitative estimate of drug-likeness (QED) is 0.371. The molecule has 1 aliphatic carbocycles. The number of halogens is 1. The van der Waals surface area contributed by atoms with Gasteiger partial charge in [0.2, 0.25) is 0 Å². The lowest BCUT2D eigenvalue weighted by Gasteiger charge is -2.22. The Morgan fingerprint density at radius 3 is 2.67 bits per heavy atom. The molecule has 0 amide bonds. The first-order chi connectivity index (χ1) is 14.4. The first-order valence-electron chi connectivity index (χ1n) is 9.45. The molecule has 0 unspecified atom stereocenters. The van der Waals surface area contributed by atoms with Crippen LogP contribution in [0.1, 0.15) is 19.8 Å². The maximum Gasteiger partial charge on any atom is 0.352 e. The number of aliphatic carboxylic acids is 1. The highest BCUT2D eigenvalue weighted by Crippen LogP contribution is 2.27. The zero-order chi connectivity index (χ0) is 22.5. The summed E-state index contributed by atoms with van der Waals surface area (Å²) < 4.78 is 24.1. The van der Waals surface area contributed by atoms with Crippen molar-refractivity contribution in [1.29, 1.82) is 0 Å². The van der Waals surface area contributed by atoms with Crippen LogP contribution in [0, 0.1) is 0 Å². The van der Waals surface area contributed by atoms with Gasteiger partial charge < -0.3 is 19.9 Å². The first-order valence-corrected chi connectivity index (χ1v) is 9.45. The summed E-state index contributed by atoms with van der Waals surface area (Å²) in [7, 11) is 3.25. The molecule has 2 N–H and O–H groups in total. The molecule has 0 radical (unpaired) electrons. The van der Waals surface area contributed by atoms with Gasteiger partial charge in [-0.1, -0.05) is 43.9 Å². The monoisotopic (exact) mass is 417 g/mol. The van der Waals surface area contributed by atoms with E-state index in [1.54, 1.807) is 38.5 Å². The predicted octanol–water partition coefficient (Wildman–Crippen LogP) is 3.92. The van der Waals surface area contributed by atoms with Crippen LogP contribution < -0.4 is 5.32 Å². The average molecular weight is 417 g/mol. The van der Waals surface area contributed by atoms with E-state index in [1.165, 1.54) is 6.08 Å². The number of carbonyl (C=O) groups is 2. The van der Waals surface area contributed by atoms with Gasteiger partial charge in [0.05, 0.1) is 17.8 Å². The molecule has 1 aliphatic heterocycles. The normalized spacial score (nSPS) is 17.6. The van der Waals surface area contributed by atoms with Crippen LogP contribution in [0.15, 0.2) is 83.1 Å². The third-order valence-electron chi connectivity index (χ3n) is 3.89. The van der Waals surface area contributed by atoms with Crippen molar-refractivity contribution in [2.75, 3.05) is 27.4 Å². The summed E-state index contributed by atoms with van der Waals surface area (Å²) in [5.41, 5.74) is 0.0305. The lowest BCUT2D eigenvalue weighted by atomic mass is 9.90. The van der Waals surface area contributed by atoms with Crippen LogP contribution in [-0.4, -0.2) is 44.2 Å². The molecule has 2 aliphatic rings. The molecule has 7 heteroatoms. The minimum atomic E-state index is -1.26. The summed E-state index contributed by atoms with van der Waals surface area (Å²) in [4.78, 5) is 24.4. The Labute approximate surface area is 176 Å². The highest BCUT2D eigenvalue weighted by atomic mass is 19.1. The molecule has 0 fully saturated rings. The van der Waals surface area contributed by atoms with Crippen LogP contribution in [-0.2, 0) is 19.1 Å². The van der Waals surface area contributed by atoms with Gasteiger partial charge in [-0.2, -0.15) is 0 Å². The number of hydrogen-bond donors (Lipinski definition) is 2. The lowest BCUT2D eigenvalue weighted by Crippen LogP contribution is -2.35. The minimum absolute atomic E-state index is 0.0479. The number of rotatable bonds is 7. The summed E-state index contributed by atoms with van der Waals surface area (Å²) in [6.45, 7) is 5.84. The number of methoxy groups -OCH3 is 1. The zero-order valence-electron chi connectivity index (χ0n) is 17.5. The van der Waals surface area contributed by atoms with Crippen molar-refractivity contribution < 1.29 is 28.6 Å². The molecule has 0 spiro atoms. The summed E-state index contributed by atoms with van der Waals surface area (Å²) >= 11 is 0. The highest BCUT2D eigenvalue weighted by molar-refractivity contribution is 6.17. The van der Waals surface area contributed by atoms with Crippen molar-refractivity contribution in [2.45, 2.75) is 19.8 Å². The minimum Gasteiger partial charge on any atom is -0.494 e.